The smallest absolute Gasteiger partial charge is 0.0504 e. The summed E-state index contributed by atoms with van der Waals surface area (Å²) in [5.41, 5.74) is 14.0. The Morgan fingerprint density at radius 2 is 1.02 bits per heavy atom. The van der Waals surface area contributed by atoms with Crippen LogP contribution in [0.2, 0.25) is 0 Å². The largest absolute Gasteiger partial charge is 0.381 e. The Labute approximate surface area is 292 Å². The Morgan fingerprint density at radius 1 is 0.460 bits per heavy atom. The van der Waals surface area contributed by atoms with Gasteiger partial charge in [-0.1, -0.05) is 164 Å². The van der Waals surface area contributed by atoms with Crippen LogP contribution in [-0.4, -0.2) is 0 Å². The van der Waals surface area contributed by atoms with E-state index in [1.165, 1.54) is 70.6 Å². The van der Waals surface area contributed by atoms with Crippen LogP contribution >= 0.6 is 0 Å². The zero-order chi connectivity index (χ0) is 33.4. The summed E-state index contributed by atoms with van der Waals surface area (Å²) in [7, 11) is 0. The second kappa shape index (κ2) is 12.7. The van der Waals surface area contributed by atoms with Gasteiger partial charge in [-0.2, -0.15) is 0 Å². The van der Waals surface area contributed by atoms with Crippen LogP contribution in [0.25, 0.3) is 70.7 Å². The van der Waals surface area contributed by atoms with Crippen LogP contribution in [0.1, 0.15) is 22.7 Å². The van der Waals surface area contributed by atoms with E-state index in [1.54, 1.807) is 0 Å². The van der Waals surface area contributed by atoms with Gasteiger partial charge in [0.05, 0.1) is 6.04 Å². The summed E-state index contributed by atoms with van der Waals surface area (Å²) in [4.78, 5) is 0. The van der Waals surface area contributed by atoms with Crippen molar-refractivity contribution in [2.75, 3.05) is 0 Å². The molecule has 9 aromatic rings. The SMILES string of the molecule is NC(/C=C(\NCc1c2ccccc2cc2c1ccc1ccccc12)c1cc2ccccc2c2ccccc12)c1ccc(-c2ccccc2)cc1. The Balaban J connectivity index is 1.19. The number of hydrogen-bond donors (Lipinski definition) is 2. The van der Waals surface area contributed by atoms with Gasteiger partial charge in [0.2, 0.25) is 0 Å². The van der Waals surface area contributed by atoms with Crippen LogP contribution < -0.4 is 11.1 Å². The van der Waals surface area contributed by atoms with Crippen molar-refractivity contribution < 1.29 is 0 Å². The second-order valence-corrected chi connectivity index (χ2v) is 13.1. The first kappa shape index (κ1) is 29.9. The Hall–Kier alpha value is -6.22. The number of hydrogen-bond acceptors (Lipinski definition) is 2. The molecule has 0 heterocycles. The number of nitrogens with two attached hydrogens (primary N) is 1. The quantitative estimate of drug-likeness (QED) is 0.134. The van der Waals surface area contributed by atoms with E-state index in [2.05, 4.69) is 181 Å². The third kappa shape index (κ3) is 5.37. The van der Waals surface area contributed by atoms with E-state index in [4.69, 9.17) is 5.73 Å². The molecule has 1 atom stereocenters. The number of rotatable bonds is 7. The average Bonchev–Trinajstić information content (AvgIpc) is 3.19. The summed E-state index contributed by atoms with van der Waals surface area (Å²) < 4.78 is 0. The number of fused-ring (bicyclic) bond motifs is 7. The first-order valence-corrected chi connectivity index (χ1v) is 17.3. The van der Waals surface area contributed by atoms with Gasteiger partial charge in [-0.15, -0.1) is 0 Å². The van der Waals surface area contributed by atoms with Crippen LogP contribution in [-0.2, 0) is 6.54 Å². The van der Waals surface area contributed by atoms with E-state index in [-0.39, 0.29) is 6.04 Å². The molecule has 0 amide bonds. The lowest BCUT2D eigenvalue weighted by atomic mass is 9.92. The normalized spacial score (nSPS) is 12.6. The number of benzene rings is 9. The lowest BCUT2D eigenvalue weighted by Crippen LogP contribution is -2.16. The average molecular weight is 641 g/mol. The molecule has 0 aliphatic carbocycles. The molecule has 0 radical (unpaired) electrons. The Morgan fingerprint density at radius 3 is 1.76 bits per heavy atom. The van der Waals surface area contributed by atoms with Gasteiger partial charge >= 0.3 is 0 Å². The molecule has 2 nitrogen and oxygen atoms in total. The fourth-order valence-corrected chi connectivity index (χ4v) is 7.61. The van der Waals surface area contributed by atoms with Crippen molar-refractivity contribution in [3.63, 3.8) is 0 Å². The molecule has 9 rings (SSSR count). The maximum Gasteiger partial charge on any atom is 0.0504 e. The van der Waals surface area contributed by atoms with Crippen molar-refractivity contribution in [3.05, 3.63) is 199 Å². The highest BCUT2D eigenvalue weighted by atomic mass is 14.9. The summed E-state index contributed by atoms with van der Waals surface area (Å²) in [6.45, 7) is 0.642. The Bertz CT molecular complexity index is 2710. The van der Waals surface area contributed by atoms with Gasteiger partial charge < -0.3 is 11.1 Å². The molecule has 238 valence electrons. The zero-order valence-electron chi connectivity index (χ0n) is 27.7. The minimum Gasteiger partial charge on any atom is -0.381 e. The van der Waals surface area contributed by atoms with Gasteiger partial charge in [-0.3, -0.25) is 0 Å². The van der Waals surface area contributed by atoms with Crippen molar-refractivity contribution in [3.8, 4) is 11.1 Å². The highest BCUT2D eigenvalue weighted by Crippen LogP contribution is 2.36. The summed E-state index contributed by atoms with van der Waals surface area (Å²) in [6, 6.07) is 62.8. The van der Waals surface area contributed by atoms with Gasteiger partial charge in [-0.25, -0.2) is 0 Å². The van der Waals surface area contributed by atoms with Gasteiger partial charge in [0.25, 0.3) is 0 Å². The predicted octanol–water partition coefficient (Wildman–Crippen LogP) is 12.0. The van der Waals surface area contributed by atoms with Gasteiger partial charge in [-0.05, 0) is 94.3 Å². The molecule has 0 aliphatic heterocycles. The summed E-state index contributed by atoms with van der Waals surface area (Å²) >= 11 is 0. The summed E-state index contributed by atoms with van der Waals surface area (Å²) in [6.07, 6.45) is 2.21. The number of nitrogens with one attached hydrogen (secondary N) is 1. The predicted molar refractivity (Wildman–Crippen MR) is 214 cm³/mol. The van der Waals surface area contributed by atoms with E-state index >= 15 is 0 Å². The molecule has 1 unspecified atom stereocenters. The van der Waals surface area contributed by atoms with Gasteiger partial charge in [0.1, 0.15) is 0 Å². The fraction of sp³-hybridized carbons (Fsp3) is 0.0417. The highest BCUT2D eigenvalue weighted by molar-refractivity contribution is 6.14. The van der Waals surface area contributed by atoms with E-state index in [0.717, 1.165) is 16.8 Å². The van der Waals surface area contributed by atoms with E-state index < -0.39 is 0 Å². The van der Waals surface area contributed by atoms with Gasteiger partial charge in [0, 0.05) is 17.8 Å². The molecular weight excluding hydrogens is 605 g/mol. The molecule has 3 N–H and O–H groups in total. The monoisotopic (exact) mass is 640 g/mol. The zero-order valence-corrected chi connectivity index (χ0v) is 27.7. The van der Waals surface area contributed by atoms with E-state index in [0.29, 0.717) is 6.54 Å². The lowest BCUT2D eigenvalue weighted by Gasteiger charge is -2.20. The third-order valence-corrected chi connectivity index (χ3v) is 10.1. The molecule has 0 aliphatic rings. The Kier molecular flexibility index (Phi) is 7.57. The van der Waals surface area contributed by atoms with Crippen molar-refractivity contribution in [1.29, 1.82) is 0 Å². The van der Waals surface area contributed by atoms with Crippen LogP contribution in [0.15, 0.2) is 182 Å². The third-order valence-electron chi connectivity index (χ3n) is 10.1. The minimum absolute atomic E-state index is 0.319. The van der Waals surface area contributed by atoms with Crippen molar-refractivity contribution >= 4 is 59.6 Å². The summed E-state index contributed by atoms with van der Waals surface area (Å²) in [5.74, 6) is 0. The molecule has 0 saturated carbocycles. The lowest BCUT2D eigenvalue weighted by molar-refractivity contribution is 0.866. The molecule has 0 fully saturated rings. The molecule has 0 bridgehead atoms. The first-order chi connectivity index (χ1) is 24.7. The molecule has 0 saturated heterocycles. The van der Waals surface area contributed by atoms with Gasteiger partial charge in [0.15, 0.2) is 0 Å². The molecule has 0 spiro atoms. The van der Waals surface area contributed by atoms with Crippen LogP contribution in [0.4, 0.5) is 0 Å². The molecule has 2 heteroatoms. The summed E-state index contributed by atoms with van der Waals surface area (Å²) in [5, 5.41) is 16.4. The van der Waals surface area contributed by atoms with Crippen LogP contribution in [0.3, 0.4) is 0 Å². The minimum atomic E-state index is -0.319. The molecule has 0 aromatic heterocycles. The maximum absolute atomic E-state index is 7.07. The van der Waals surface area contributed by atoms with E-state index in [9.17, 15) is 0 Å². The molecule has 50 heavy (non-hydrogen) atoms. The molecule has 9 aromatic carbocycles. The van der Waals surface area contributed by atoms with Crippen LogP contribution in [0.5, 0.6) is 0 Å². The topological polar surface area (TPSA) is 38.0 Å². The van der Waals surface area contributed by atoms with E-state index in [1.807, 2.05) is 6.07 Å². The van der Waals surface area contributed by atoms with Crippen LogP contribution in [0, 0.1) is 0 Å². The van der Waals surface area contributed by atoms with Crippen molar-refractivity contribution in [1.82, 2.24) is 5.32 Å². The van der Waals surface area contributed by atoms with Crippen molar-refractivity contribution in [2.24, 2.45) is 5.73 Å². The standard InChI is InChI=1S/C48H36N2/c49-47(35-24-22-33(23-25-35)32-12-2-1-3-13-32)30-48(45-29-37-16-5-8-18-39(37)41-20-10-11-21-42(41)45)50-31-46-40-19-9-6-15-36(40)28-44-38-17-7-4-14-34(38)26-27-43(44)46/h1-30,47,50H,31,49H2/b48-30-. The highest BCUT2D eigenvalue weighted by Gasteiger charge is 2.16. The molecular formula is C48H36N2. The second-order valence-electron chi connectivity index (χ2n) is 13.1. The fourth-order valence-electron chi connectivity index (χ4n) is 7.61. The maximum atomic E-state index is 7.07. The van der Waals surface area contributed by atoms with Crippen molar-refractivity contribution in [2.45, 2.75) is 12.6 Å². The first-order valence-electron chi connectivity index (χ1n) is 17.3.